The van der Waals surface area contributed by atoms with Gasteiger partial charge >= 0.3 is 12.7 Å². The van der Waals surface area contributed by atoms with Crippen LogP contribution >= 0.6 is 0 Å². The summed E-state index contributed by atoms with van der Waals surface area (Å²) in [5, 5.41) is 0. The second kappa shape index (κ2) is 12.8. The van der Waals surface area contributed by atoms with Crippen LogP contribution in [0.25, 0.3) is 0 Å². The van der Waals surface area contributed by atoms with Crippen molar-refractivity contribution in [3.63, 3.8) is 0 Å². The van der Waals surface area contributed by atoms with E-state index in [2.05, 4.69) is 16.4 Å². The molecule has 0 spiro atoms. The van der Waals surface area contributed by atoms with Gasteiger partial charge < -0.3 is 9.47 Å². The summed E-state index contributed by atoms with van der Waals surface area (Å²) in [5.41, 5.74) is -0.451. The third-order valence-electron chi connectivity index (χ3n) is 8.50. The molecule has 2 aromatic rings. The summed E-state index contributed by atoms with van der Waals surface area (Å²) in [6.45, 7) is -1.29. The van der Waals surface area contributed by atoms with Gasteiger partial charge in [0.05, 0.1) is 5.56 Å². The molecular formula is C30H35F7O2. The molecule has 2 fully saturated rings. The smallest absolute Gasteiger partial charge is 0.429 e. The molecule has 0 aliphatic heterocycles. The van der Waals surface area contributed by atoms with Gasteiger partial charge in [-0.15, -0.1) is 0 Å². The van der Waals surface area contributed by atoms with Crippen LogP contribution in [0.2, 0.25) is 0 Å². The second-order valence-electron chi connectivity index (χ2n) is 11.0. The highest BCUT2D eigenvalue weighted by Gasteiger charge is 2.39. The first-order chi connectivity index (χ1) is 18.6. The van der Waals surface area contributed by atoms with Crippen LogP contribution in [0.15, 0.2) is 30.3 Å². The maximum absolute atomic E-state index is 14.9. The third kappa shape index (κ3) is 7.40. The molecule has 39 heavy (non-hydrogen) atoms. The molecule has 9 heteroatoms. The van der Waals surface area contributed by atoms with Crippen LogP contribution in [0.1, 0.15) is 94.6 Å². The zero-order valence-corrected chi connectivity index (χ0v) is 22.0. The first-order valence-electron chi connectivity index (χ1n) is 13.9. The maximum atomic E-state index is 14.9. The van der Waals surface area contributed by atoms with Crippen molar-refractivity contribution in [2.75, 3.05) is 0 Å². The third-order valence-corrected chi connectivity index (χ3v) is 8.50. The van der Waals surface area contributed by atoms with E-state index in [0.29, 0.717) is 11.5 Å². The van der Waals surface area contributed by atoms with Gasteiger partial charge in [0.15, 0.2) is 17.4 Å². The van der Waals surface area contributed by atoms with E-state index < -0.39 is 47.2 Å². The summed E-state index contributed by atoms with van der Waals surface area (Å²) in [5.74, 6) is -4.59. The topological polar surface area (TPSA) is 18.5 Å². The number of benzene rings is 2. The predicted molar refractivity (Wildman–Crippen MR) is 134 cm³/mol. The number of rotatable bonds is 10. The Labute approximate surface area is 224 Å². The van der Waals surface area contributed by atoms with E-state index in [1.54, 1.807) is 0 Å². The van der Waals surface area contributed by atoms with E-state index in [1.807, 2.05) is 0 Å². The van der Waals surface area contributed by atoms with E-state index in [-0.39, 0.29) is 18.1 Å². The highest BCUT2D eigenvalue weighted by molar-refractivity contribution is 5.36. The van der Waals surface area contributed by atoms with E-state index in [4.69, 9.17) is 0 Å². The van der Waals surface area contributed by atoms with Crippen molar-refractivity contribution in [3.05, 3.63) is 58.9 Å². The van der Waals surface area contributed by atoms with Crippen molar-refractivity contribution in [1.82, 2.24) is 0 Å². The Morgan fingerprint density at radius 2 is 1.41 bits per heavy atom. The molecule has 0 unspecified atom stereocenters. The monoisotopic (exact) mass is 560 g/mol. The van der Waals surface area contributed by atoms with Crippen molar-refractivity contribution in [2.24, 2.45) is 17.8 Å². The lowest BCUT2D eigenvalue weighted by molar-refractivity contribution is -0.187. The molecule has 216 valence electrons. The Morgan fingerprint density at radius 1 is 0.821 bits per heavy atom. The van der Waals surface area contributed by atoms with Crippen LogP contribution in [-0.2, 0) is 6.11 Å². The van der Waals surface area contributed by atoms with Crippen LogP contribution in [0.4, 0.5) is 30.7 Å². The molecule has 0 bridgehead atoms. The SMILES string of the molecule is CCCCC1CCC(C2CCC(c3ccc(C(F)(F)Oc4cc(F)c(OC(F)F)c(F)c4)c(F)c3)CC2)CC1. The molecular weight excluding hydrogens is 525 g/mol. The molecule has 4 rings (SSSR count). The molecule has 0 radical (unpaired) electrons. The molecule has 0 heterocycles. The zero-order chi connectivity index (χ0) is 28.2. The largest absolute Gasteiger partial charge is 0.429 e. The Hall–Kier alpha value is -2.45. The summed E-state index contributed by atoms with van der Waals surface area (Å²) in [4.78, 5) is 0. The first-order valence-corrected chi connectivity index (χ1v) is 13.9. The molecule has 2 nitrogen and oxygen atoms in total. The minimum absolute atomic E-state index is 0.0748. The van der Waals surface area contributed by atoms with Crippen LogP contribution in [0, 0.1) is 35.2 Å². The number of alkyl halides is 4. The number of ether oxygens (including phenoxy) is 2. The van der Waals surface area contributed by atoms with Gasteiger partial charge in [0.1, 0.15) is 11.6 Å². The normalized spacial score (nSPS) is 24.1. The zero-order valence-electron chi connectivity index (χ0n) is 22.0. The number of hydrogen-bond acceptors (Lipinski definition) is 2. The Kier molecular flexibility index (Phi) is 9.70. The average Bonchev–Trinajstić information content (AvgIpc) is 2.89. The Morgan fingerprint density at radius 3 is 1.95 bits per heavy atom. The molecule has 0 aromatic heterocycles. The maximum Gasteiger partial charge on any atom is 0.429 e. The van der Waals surface area contributed by atoms with Gasteiger partial charge in [-0.25, -0.2) is 13.2 Å². The van der Waals surface area contributed by atoms with Crippen molar-refractivity contribution < 1.29 is 40.2 Å². The molecule has 0 N–H and O–H groups in total. The van der Waals surface area contributed by atoms with E-state index in [9.17, 15) is 30.7 Å². The summed E-state index contributed by atoms with van der Waals surface area (Å²) in [7, 11) is 0. The van der Waals surface area contributed by atoms with Gasteiger partial charge in [-0.2, -0.15) is 17.6 Å². The Balaban J connectivity index is 1.35. The fraction of sp³-hybridized carbons (Fsp3) is 0.600. The van der Waals surface area contributed by atoms with Crippen molar-refractivity contribution in [2.45, 2.75) is 96.2 Å². The average molecular weight is 561 g/mol. The Bertz CT molecular complexity index is 1070. The lowest BCUT2D eigenvalue weighted by atomic mass is 9.68. The quantitative estimate of drug-likeness (QED) is 0.269. The van der Waals surface area contributed by atoms with Crippen LogP contribution in [-0.4, -0.2) is 6.61 Å². The fourth-order valence-corrected chi connectivity index (χ4v) is 6.39. The molecule has 0 amide bonds. The van der Waals surface area contributed by atoms with Gasteiger partial charge in [0.2, 0.25) is 0 Å². The number of hydrogen-bond donors (Lipinski definition) is 0. The molecule has 2 aliphatic rings. The molecule has 2 aromatic carbocycles. The van der Waals surface area contributed by atoms with Gasteiger partial charge in [-0.05, 0) is 79.9 Å². The van der Waals surface area contributed by atoms with Gasteiger partial charge in [-0.1, -0.05) is 45.1 Å². The fourth-order valence-electron chi connectivity index (χ4n) is 6.39. The van der Waals surface area contributed by atoms with Gasteiger partial charge in [0, 0.05) is 12.1 Å². The lowest BCUT2D eigenvalue weighted by Crippen LogP contribution is -2.26. The molecule has 0 atom stereocenters. The van der Waals surface area contributed by atoms with Crippen LogP contribution < -0.4 is 9.47 Å². The highest BCUT2D eigenvalue weighted by atomic mass is 19.3. The van der Waals surface area contributed by atoms with Crippen molar-refractivity contribution in [1.29, 1.82) is 0 Å². The van der Waals surface area contributed by atoms with E-state index >= 15 is 0 Å². The standard InChI is InChI=1S/C30H35F7O2/c1-2-3-4-18-5-7-19(8-6-18)20-9-11-21(12-10-20)22-13-14-24(25(31)15-22)30(36,37)39-23-16-26(32)28(27(33)17-23)38-29(34)35/h13-21,29H,2-12H2,1H3. The molecule has 2 saturated carbocycles. The summed E-state index contributed by atoms with van der Waals surface area (Å²) in [6.07, 6.45) is 8.60. The van der Waals surface area contributed by atoms with Crippen LogP contribution in [0.3, 0.4) is 0 Å². The van der Waals surface area contributed by atoms with Crippen molar-refractivity contribution in [3.8, 4) is 11.5 Å². The first kappa shape index (κ1) is 29.5. The summed E-state index contributed by atoms with van der Waals surface area (Å²) in [6, 6.07) is 4.00. The van der Waals surface area contributed by atoms with Crippen molar-refractivity contribution >= 4 is 0 Å². The predicted octanol–water partition coefficient (Wildman–Crippen LogP) is 10.1. The van der Waals surface area contributed by atoms with E-state index in [1.165, 1.54) is 51.0 Å². The van der Waals surface area contributed by atoms with Crippen LogP contribution in [0.5, 0.6) is 11.5 Å². The summed E-state index contributed by atoms with van der Waals surface area (Å²) < 4.78 is 105. The molecule has 0 saturated heterocycles. The lowest BCUT2D eigenvalue weighted by Gasteiger charge is -2.38. The number of unbranched alkanes of at least 4 members (excludes halogenated alkanes) is 1. The highest BCUT2D eigenvalue weighted by Crippen LogP contribution is 2.45. The minimum Gasteiger partial charge on any atom is -0.429 e. The summed E-state index contributed by atoms with van der Waals surface area (Å²) >= 11 is 0. The number of halogens is 7. The van der Waals surface area contributed by atoms with Gasteiger partial charge in [-0.3, -0.25) is 0 Å². The van der Waals surface area contributed by atoms with E-state index in [0.717, 1.165) is 49.7 Å². The minimum atomic E-state index is -4.26. The molecule has 2 aliphatic carbocycles. The van der Waals surface area contributed by atoms with Gasteiger partial charge in [0.25, 0.3) is 0 Å². The second-order valence-corrected chi connectivity index (χ2v) is 11.0.